The summed E-state index contributed by atoms with van der Waals surface area (Å²) in [6.45, 7) is 0. The molecule has 0 spiro atoms. The van der Waals surface area contributed by atoms with Gasteiger partial charge in [-0.25, -0.2) is 0 Å². The van der Waals surface area contributed by atoms with Crippen LogP contribution >= 0.6 is 15.9 Å². The lowest BCUT2D eigenvalue weighted by Gasteiger charge is -2.19. The first kappa shape index (κ1) is 16.0. The Morgan fingerprint density at radius 3 is 2.57 bits per heavy atom. The van der Waals surface area contributed by atoms with Gasteiger partial charge in [0.25, 0.3) is 0 Å². The minimum atomic E-state index is -4.35. The predicted octanol–water partition coefficient (Wildman–Crippen LogP) is 3.70. The standard InChI is InChI=1S/C14H15BrF3N3/c1-19-13(8-10-5-6-21(2)20-10)11-7-9(14(16,17)18)3-4-12(11)15/h3-7,13,19H,8H2,1-2H3. The molecule has 1 heterocycles. The number of halogens is 4. The SMILES string of the molecule is CNC(Cc1ccn(C)n1)c1cc(C(F)(F)F)ccc1Br. The molecule has 7 heteroatoms. The van der Waals surface area contributed by atoms with Crippen LogP contribution in [0, 0.1) is 0 Å². The highest BCUT2D eigenvalue weighted by atomic mass is 79.9. The summed E-state index contributed by atoms with van der Waals surface area (Å²) in [5.41, 5.74) is 0.737. The summed E-state index contributed by atoms with van der Waals surface area (Å²) in [4.78, 5) is 0. The maximum Gasteiger partial charge on any atom is 0.416 e. The number of rotatable bonds is 4. The first-order valence-electron chi connectivity index (χ1n) is 6.33. The van der Waals surface area contributed by atoms with Crippen molar-refractivity contribution in [2.24, 2.45) is 7.05 Å². The van der Waals surface area contributed by atoms with Crippen LogP contribution in [0.5, 0.6) is 0 Å². The van der Waals surface area contributed by atoms with Gasteiger partial charge in [0.1, 0.15) is 0 Å². The number of aryl methyl sites for hydroxylation is 1. The van der Waals surface area contributed by atoms with Crippen LogP contribution in [0.4, 0.5) is 13.2 Å². The number of nitrogens with zero attached hydrogens (tertiary/aromatic N) is 2. The first-order chi connectivity index (χ1) is 9.81. The molecule has 1 aromatic carbocycles. The highest BCUT2D eigenvalue weighted by Crippen LogP contribution is 2.34. The van der Waals surface area contributed by atoms with Crippen molar-refractivity contribution in [3.8, 4) is 0 Å². The maximum atomic E-state index is 12.8. The Balaban J connectivity index is 2.33. The fourth-order valence-electron chi connectivity index (χ4n) is 2.14. The molecule has 0 bridgehead atoms. The van der Waals surface area contributed by atoms with Crippen LogP contribution in [0.1, 0.15) is 22.9 Å². The van der Waals surface area contributed by atoms with Crippen LogP contribution in [0.2, 0.25) is 0 Å². The van der Waals surface area contributed by atoms with E-state index in [0.29, 0.717) is 16.5 Å². The summed E-state index contributed by atoms with van der Waals surface area (Å²) in [5, 5.41) is 7.31. The molecule has 1 aromatic heterocycles. The molecular formula is C14H15BrF3N3. The van der Waals surface area contributed by atoms with E-state index in [2.05, 4.69) is 26.3 Å². The zero-order valence-electron chi connectivity index (χ0n) is 11.6. The average molecular weight is 362 g/mol. The van der Waals surface area contributed by atoms with Crippen molar-refractivity contribution in [3.63, 3.8) is 0 Å². The van der Waals surface area contributed by atoms with Gasteiger partial charge in [-0.1, -0.05) is 15.9 Å². The fourth-order valence-corrected chi connectivity index (χ4v) is 2.66. The molecule has 0 fully saturated rings. The molecule has 0 radical (unpaired) electrons. The van der Waals surface area contributed by atoms with E-state index >= 15 is 0 Å². The second-order valence-corrected chi connectivity index (χ2v) is 5.61. The smallest absolute Gasteiger partial charge is 0.313 e. The summed E-state index contributed by atoms with van der Waals surface area (Å²) >= 11 is 3.32. The van der Waals surface area contributed by atoms with E-state index in [4.69, 9.17) is 0 Å². The van der Waals surface area contributed by atoms with E-state index in [9.17, 15) is 13.2 Å². The fraction of sp³-hybridized carbons (Fsp3) is 0.357. The van der Waals surface area contributed by atoms with Crippen LogP contribution in [0.15, 0.2) is 34.9 Å². The molecule has 0 saturated heterocycles. The lowest BCUT2D eigenvalue weighted by molar-refractivity contribution is -0.137. The highest BCUT2D eigenvalue weighted by Gasteiger charge is 2.31. The summed E-state index contributed by atoms with van der Waals surface area (Å²) < 4.78 is 40.9. The van der Waals surface area contributed by atoms with E-state index < -0.39 is 11.7 Å². The van der Waals surface area contributed by atoms with Gasteiger partial charge < -0.3 is 5.32 Å². The van der Waals surface area contributed by atoms with Crippen molar-refractivity contribution in [2.75, 3.05) is 7.05 Å². The van der Waals surface area contributed by atoms with Gasteiger partial charge >= 0.3 is 6.18 Å². The third kappa shape index (κ3) is 3.85. The number of benzene rings is 1. The molecule has 2 rings (SSSR count). The number of likely N-dealkylation sites (N-methyl/N-ethyl adjacent to an activating group) is 1. The lowest BCUT2D eigenvalue weighted by Crippen LogP contribution is -2.20. The lowest BCUT2D eigenvalue weighted by atomic mass is 10.00. The topological polar surface area (TPSA) is 29.9 Å². The second-order valence-electron chi connectivity index (χ2n) is 4.76. The minimum Gasteiger partial charge on any atom is -0.313 e. The number of aromatic nitrogens is 2. The molecule has 1 unspecified atom stereocenters. The molecule has 0 amide bonds. The quantitative estimate of drug-likeness (QED) is 0.899. The van der Waals surface area contributed by atoms with Crippen LogP contribution in [0.3, 0.4) is 0 Å². The van der Waals surface area contributed by atoms with E-state index in [1.54, 1.807) is 18.8 Å². The molecule has 0 saturated carbocycles. The summed E-state index contributed by atoms with van der Waals surface area (Å²) in [6.07, 6.45) is -2.03. The Hall–Kier alpha value is -1.34. The molecule has 0 aliphatic rings. The second kappa shape index (κ2) is 6.19. The van der Waals surface area contributed by atoms with Crippen molar-refractivity contribution in [2.45, 2.75) is 18.6 Å². The Morgan fingerprint density at radius 1 is 1.33 bits per heavy atom. The Labute approximate surface area is 129 Å². The maximum absolute atomic E-state index is 12.8. The van der Waals surface area contributed by atoms with Crippen molar-refractivity contribution in [3.05, 3.63) is 51.8 Å². The molecular weight excluding hydrogens is 347 g/mol. The van der Waals surface area contributed by atoms with E-state index in [1.807, 2.05) is 12.3 Å². The van der Waals surface area contributed by atoms with Crippen LogP contribution in [-0.2, 0) is 19.6 Å². The van der Waals surface area contributed by atoms with Gasteiger partial charge in [-0.15, -0.1) is 0 Å². The van der Waals surface area contributed by atoms with Crippen molar-refractivity contribution in [1.29, 1.82) is 0 Å². The summed E-state index contributed by atoms with van der Waals surface area (Å²) in [5.74, 6) is 0. The van der Waals surface area contributed by atoms with Crippen molar-refractivity contribution >= 4 is 15.9 Å². The zero-order valence-corrected chi connectivity index (χ0v) is 13.2. The van der Waals surface area contributed by atoms with Gasteiger partial charge in [-0.3, -0.25) is 4.68 Å². The highest BCUT2D eigenvalue weighted by molar-refractivity contribution is 9.10. The third-order valence-corrected chi connectivity index (χ3v) is 3.95. The minimum absolute atomic E-state index is 0.253. The summed E-state index contributed by atoms with van der Waals surface area (Å²) in [7, 11) is 3.53. The largest absolute Gasteiger partial charge is 0.416 e. The Kier molecular flexibility index (Phi) is 4.73. The first-order valence-corrected chi connectivity index (χ1v) is 7.13. The van der Waals surface area contributed by atoms with Crippen LogP contribution in [-0.4, -0.2) is 16.8 Å². The third-order valence-electron chi connectivity index (χ3n) is 3.23. The monoisotopic (exact) mass is 361 g/mol. The number of alkyl halides is 3. The normalized spacial score (nSPS) is 13.4. The predicted molar refractivity (Wildman–Crippen MR) is 77.9 cm³/mol. The van der Waals surface area contributed by atoms with Gasteiger partial charge in [0.05, 0.1) is 11.3 Å². The van der Waals surface area contributed by atoms with Crippen LogP contribution in [0.25, 0.3) is 0 Å². The molecule has 21 heavy (non-hydrogen) atoms. The molecule has 3 nitrogen and oxygen atoms in total. The van der Waals surface area contributed by atoms with Crippen LogP contribution < -0.4 is 5.32 Å². The van der Waals surface area contributed by atoms with Crippen molar-refractivity contribution in [1.82, 2.24) is 15.1 Å². The van der Waals surface area contributed by atoms with Gasteiger partial charge in [0.2, 0.25) is 0 Å². The summed E-state index contributed by atoms with van der Waals surface area (Å²) in [6, 6.07) is 5.28. The molecule has 2 aromatic rings. The molecule has 1 atom stereocenters. The Morgan fingerprint density at radius 2 is 2.05 bits per heavy atom. The van der Waals surface area contributed by atoms with Gasteiger partial charge in [-0.2, -0.15) is 18.3 Å². The Bertz CT molecular complexity index is 622. The van der Waals surface area contributed by atoms with E-state index in [1.165, 1.54) is 12.1 Å². The molecule has 114 valence electrons. The number of nitrogens with one attached hydrogen (secondary N) is 1. The average Bonchev–Trinajstić information content (AvgIpc) is 2.81. The number of hydrogen-bond acceptors (Lipinski definition) is 2. The number of hydrogen-bond donors (Lipinski definition) is 1. The molecule has 0 aliphatic heterocycles. The van der Waals surface area contributed by atoms with Crippen molar-refractivity contribution < 1.29 is 13.2 Å². The van der Waals surface area contributed by atoms with Gasteiger partial charge in [0.15, 0.2) is 0 Å². The molecule has 0 aliphatic carbocycles. The zero-order chi connectivity index (χ0) is 15.6. The van der Waals surface area contributed by atoms with E-state index in [0.717, 1.165) is 11.8 Å². The van der Waals surface area contributed by atoms with Gasteiger partial charge in [-0.05, 0) is 36.9 Å². The van der Waals surface area contributed by atoms with Gasteiger partial charge in [0, 0.05) is 30.2 Å². The molecule has 1 N–H and O–H groups in total. The van der Waals surface area contributed by atoms with E-state index in [-0.39, 0.29) is 6.04 Å².